The summed E-state index contributed by atoms with van der Waals surface area (Å²) in [6, 6.07) is 12.4. The van der Waals surface area contributed by atoms with Gasteiger partial charge in [-0.3, -0.25) is 10.1 Å². The Morgan fingerprint density at radius 2 is 2.12 bits per heavy atom. The number of nitro benzene ring substituents is 1. The van der Waals surface area contributed by atoms with Crippen LogP contribution >= 0.6 is 11.8 Å². The van der Waals surface area contributed by atoms with E-state index in [0.29, 0.717) is 5.75 Å². The Labute approximate surface area is 103 Å². The summed E-state index contributed by atoms with van der Waals surface area (Å²) in [5, 5.41) is 11.5. The van der Waals surface area contributed by atoms with Crippen molar-refractivity contribution in [3.05, 3.63) is 64.3 Å². The molecule has 0 saturated carbocycles. The predicted octanol–water partition coefficient (Wildman–Crippen LogP) is 3.28. The van der Waals surface area contributed by atoms with Gasteiger partial charge in [0.25, 0.3) is 5.69 Å². The molecule has 17 heavy (non-hydrogen) atoms. The van der Waals surface area contributed by atoms with Crippen molar-refractivity contribution in [1.82, 2.24) is 4.98 Å². The smallest absolute Gasteiger partial charge is 0.258 e. The number of non-ortho nitro benzene ring substituents is 1. The van der Waals surface area contributed by atoms with E-state index in [-0.39, 0.29) is 10.6 Å². The minimum Gasteiger partial charge on any atom is -0.258 e. The first-order chi connectivity index (χ1) is 8.25. The summed E-state index contributed by atoms with van der Waals surface area (Å²) in [4.78, 5) is 14.4. The first kappa shape index (κ1) is 11.6. The first-order valence-corrected chi connectivity index (χ1v) is 6.01. The van der Waals surface area contributed by atoms with E-state index in [0.717, 1.165) is 10.6 Å². The van der Waals surface area contributed by atoms with Crippen LogP contribution in [0.25, 0.3) is 0 Å². The lowest BCUT2D eigenvalue weighted by Crippen LogP contribution is -1.89. The lowest BCUT2D eigenvalue weighted by atomic mass is 10.2. The number of nitro groups is 1. The molecule has 1 aromatic carbocycles. The standard InChI is InChI=1S/C12H10N2O2S/c15-14(16)11-5-3-4-10(8-11)9-17-12-6-1-2-7-13-12/h1-8H,9H2. The van der Waals surface area contributed by atoms with E-state index in [1.165, 1.54) is 6.07 Å². The van der Waals surface area contributed by atoms with Crippen molar-refractivity contribution in [3.63, 3.8) is 0 Å². The summed E-state index contributed by atoms with van der Waals surface area (Å²) in [5.74, 6) is 0.679. The Hall–Kier alpha value is -1.88. The number of thioether (sulfide) groups is 1. The molecule has 0 aliphatic rings. The topological polar surface area (TPSA) is 56.0 Å². The molecule has 0 atom stereocenters. The molecule has 4 nitrogen and oxygen atoms in total. The van der Waals surface area contributed by atoms with Gasteiger partial charge in [0, 0.05) is 24.1 Å². The van der Waals surface area contributed by atoms with E-state index in [4.69, 9.17) is 0 Å². The minimum atomic E-state index is -0.380. The highest BCUT2D eigenvalue weighted by Gasteiger charge is 2.05. The maximum Gasteiger partial charge on any atom is 0.269 e. The van der Waals surface area contributed by atoms with E-state index in [9.17, 15) is 10.1 Å². The van der Waals surface area contributed by atoms with Crippen molar-refractivity contribution in [2.45, 2.75) is 10.8 Å². The molecule has 0 unspecified atom stereocenters. The quantitative estimate of drug-likeness (QED) is 0.472. The van der Waals surface area contributed by atoms with Gasteiger partial charge in [-0.2, -0.15) is 0 Å². The van der Waals surface area contributed by atoms with E-state index >= 15 is 0 Å². The molecule has 1 heterocycles. The third-order valence-corrected chi connectivity index (χ3v) is 3.16. The van der Waals surface area contributed by atoms with E-state index in [1.54, 1.807) is 30.1 Å². The molecule has 0 aliphatic heterocycles. The average Bonchev–Trinajstić information content (AvgIpc) is 2.38. The monoisotopic (exact) mass is 246 g/mol. The van der Waals surface area contributed by atoms with Crippen LogP contribution in [0, 0.1) is 10.1 Å². The highest BCUT2D eigenvalue weighted by Crippen LogP contribution is 2.22. The highest BCUT2D eigenvalue weighted by atomic mass is 32.2. The summed E-state index contributed by atoms with van der Waals surface area (Å²) >= 11 is 1.56. The first-order valence-electron chi connectivity index (χ1n) is 5.03. The third kappa shape index (κ3) is 3.29. The van der Waals surface area contributed by atoms with E-state index < -0.39 is 0 Å². The summed E-state index contributed by atoms with van der Waals surface area (Å²) in [7, 11) is 0. The zero-order valence-electron chi connectivity index (χ0n) is 8.95. The summed E-state index contributed by atoms with van der Waals surface area (Å²) < 4.78 is 0. The van der Waals surface area contributed by atoms with Crippen LogP contribution in [-0.4, -0.2) is 9.91 Å². The molecule has 1 aromatic heterocycles. The summed E-state index contributed by atoms with van der Waals surface area (Å²) in [5.41, 5.74) is 1.05. The lowest BCUT2D eigenvalue weighted by molar-refractivity contribution is -0.384. The van der Waals surface area contributed by atoms with Crippen LogP contribution in [0.5, 0.6) is 0 Å². The second kappa shape index (κ2) is 5.45. The molecule has 2 rings (SSSR count). The second-order valence-electron chi connectivity index (χ2n) is 3.38. The molecular weight excluding hydrogens is 236 g/mol. The third-order valence-electron chi connectivity index (χ3n) is 2.15. The number of benzene rings is 1. The maximum absolute atomic E-state index is 10.6. The largest absolute Gasteiger partial charge is 0.269 e. The van der Waals surface area contributed by atoms with Crippen LogP contribution in [0.2, 0.25) is 0 Å². The molecule has 0 radical (unpaired) electrons. The zero-order chi connectivity index (χ0) is 12.1. The zero-order valence-corrected chi connectivity index (χ0v) is 9.76. The van der Waals surface area contributed by atoms with Crippen molar-refractivity contribution in [2.75, 3.05) is 0 Å². The van der Waals surface area contributed by atoms with E-state index in [1.807, 2.05) is 24.3 Å². The van der Waals surface area contributed by atoms with E-state index in [2.05, 4.69) is 4.98 Å². The van der Waals surface area contributed by atoms with Gasteiger partial charge in [0.05, 0.1) is 9.95 Å². The van der Waals surface area contributed by atoms with Gasteiger partial charge >= 0.3 is 0 Å². The Morgan fingerprint density at radius 3 is 2.82 bits per heavy atom. The molecule has 0 spiro atoms. The van der Waals surface area contributed by atoms with Crippen molar-refractivity contribution < 1.29 is 4.92 Å². The summed E-state index contributed by atoms with van der Waals surface area (Å²) in [6.07, 6.45) is 1.73. The Kier molecular flexibility index (Phi) is 3.72. The SMILES string of the molecule is O=[N+]([O-])c1cccc(CSc2ccccn2)c1. The van der Waals surface area contributed by atoms with Crippen molar-refractivity contribution in [1.29, 1.82) is 0 Å². The predicted molar refractivity (Wildman–Crippen MR) is 66.9 cm³/mol. The molecule has 0 N–H and O–H groups in total. The van der Waals surface area contributed by atoms with Gasteiger partial charge in [-0.05, 0) is 17.7 Å². The number of rotatable bonds is 4. The van der Waals surface area contributed by atoms with Crippen LogP contribution in [0.1, 0.15) is 5.56 Å². The van der Waals surface area contributed by atoms with Crippen molar-refractivity contribution in [2.24, 2.45) is 0 Å². The number of nitrogens with zero attached hydrogens (tertiary/aromatic N) is 2. The molecule has 0 aliphatic carbocycles. The van der Waals surface area contributed by atoms with Gasteiger partial charge in [-0.25, -0.2) is 4.98 Å². The Balaban J connectivity index is 2.04. The molecule has 5 heteroatoms. The molecular formula is C12H10N2O2S. The molecule has 86 valence electrons. The summed E-state index contributed by atoms with van der Waals surface area (Å²) in [6.45, 7) is 0. The van der Waals surface area contributed by atoms with Gasteiger partial charge < -0.3 is 0 Å². The van der Waals surface area contributed by atoms with Crippen LogP contribution in [0.4, 0.5) is 5.69 Å². The number of hydrogen-bond acceptors (Lipinski definition) is 4. The van der Waals surface area contributed by atoms with Gasteiger partial charge in [0.2, 0.25) is 0 Å². The second-order valence-corrected chi connectivity index (χ2v) is 4.38. The maximum atomic E-state index is 10.6. The fourth-order valence-corrected chi connectivity index (χ4v) is 2.15. The minimum absolute atomic E-state index is 0.129. The Bertz CT molecular complexity index is 517. The average molecular weight is 246 g/mol. The molecule has 0 bridgehead atoms. The highest BCUT2D eigenvalue weighted by molar-refractivity contribution is 7.98. The van der Waals surface area contributed by atoms with Crippen LogP contribution < -0.4 is 0 Å². The normalized spacial score (nSPS) is 10.1. The van der Waals surface area contributed by atoms with Gasteiger partial charge in [0.15, 0.2) is 0 Å². The van der Waals surface area contributed by atoms with Gasteiger partial charge in [-0.1, -0.05) is 18.2 Å². The number of pyridine rings is 1. The number of hydrogen-bond donors (Lipinski definition) is 0. The fraction of sp³-hybridized carbons (Fsp3) is 0.0833. The van der Waals surface area contributed by atoms with Crippen molar-refractivity contribution >= 4 is 17.4 Å². The van der Waals surface area contributed by atoms with Crippen LogP contribution in [0.3, 0.4) is 0 Å². The lowest BCUT2D eigenvalue weighted by Gasteiger charge is -2.00. The molecule has 0 fully saturated rings. The van der Waals surface area contributed by atoms with Gasteiger partial charge in [0.1, 0.15) is 0 Å². The van der Waals surface area contributed by atoms with Gasteiger partial charge in [-0.15, -0.1) is 11.8 Å². The van der Waals surface area contributed by atoms with Crippen LogP contribution in [0.15, 0.2) is 53.7 Å². The van der Waals surface area contributed by atoms with Crippen molar-refractivity contribution in [3.8, 4) is 0 Å². The number of aromatic nitrogens is 1. The molecule has 0 amide bonds. The Morgan fingerprint density at radius 1 is 1.24 bits per heavy atom. The molecule has 0 saturated heterocycles. The fourth-order valence-electron chi connectivity index (χ4n) is 1.35. The molecule has 2 aromatic rings. The van der Waals surface area contributed by atoms with Crippen LogP contribution in [-0.2, 0) is 5.75 Å².